The topological polar surface area (TPSA) is 46.9 Å². The minimum absolute atomic E-state index is 0.0762. The number of aromatic nitrogens is 2. The monoisotopic (exact) mass is 331 g/mol. The smallest absolute Gasteiger partial charge is 0.255 e. The Labute approximate surface area is 137 Å². The average Bonchev–Trinajstić information content (AvgIpc) is 3.20. The highest BCUT2D eigenvalue weighted by Crippen LogP contribution is 2.28. The predicted molar refractivity (Wildman–Crippen MR) is 90.6 cm³/mol. The molecule has 0 unspecified atom stereocenters. The van der Waals surface area contributed by atoms with Gasteiger partial charge in [0.25, 0.3) is 5.91 Å². The van der Waals surface area contributed by atoms with Gasteiger partial charge in [0.15, 0.2) is 0 Å². The fourth-order valence-corrected chi connectivity index (χ4v) is 4.01. The van der Waals surface area contributed by atoms with Gasteiger partial charge in [0.05, 0.1) is 17.3 Å². The van der Waals surface area contributed by atoms with Crippen molar-refractivity contribution in [3.63, 3.8) is 0 Å². The molecule has 0 aromatic carbocycles. The third kappa shape index (κ3) is 2.71. The summed E-state index contributed by atoms with van der Waals surface area (Å²) in [6, 6.07) is 6.00. The van der Waals surface area contributed by atoms with Crippen LogP contribution in [-0.2, 0) is 7.05 Å². The molecule has 0 spiro atoms. The fraction of sp³-hybridized carbons (Fsp3) is 0.250. The SMILES string of the molecule is Cc1nn(C)c(C)c1C(=O)N[C@H](c1ccsc1)c1cccs1. The van der Waals surface area contributed by atoms with Crippen LogP contribution < -0.4 is 5.32 Å². The zero-order chi connectivity index (χ0) is 15.7. The first-order valence-electron chi connectivity index (χ1n) is 6.94. The van der Waals surface area contributed by atoms with Gasteiger partial charge in [-0.3, -0.25) is 9.48 Å². The molecule has 1 atom stereocenters. The summed E-state index contributed by atoms with van der Waals surface area (Å²) in [5.41, 5.74) is 3.41. The second-order valence-electron chi connectivity index (χ2n) is 5.15. The zero-order valence-corrected chi connectivity index (χ0v) is 14.3. The molecule has 0 saturated carbocycles. The molecule has 0 aliphatic rings. The first kappa shape index (κ1) is 15.0. The van der Waals surface area contributed by atoms with E-state index in [0.717, 1.165) is 21.8 Å². The molecule has 0 radical (unpaired) electrons. The first-order chi connectivity index (χ1) is 10.6. The summed E-state index contributed by atoms with van der Waals surface area (Å²) in [5.74, 6) is -0.0762. The molecule has 22 heavy (non-hydrogen) atoms. The molecular formula is C16H17N3OS2. The lowest BCUT2D eigenvalue weighted by Crippen LogP contribution is -2.29. The third-order valence-corrected chi connectivity index (χ3v) is 5.35. The van der Waals surface area contributed by atoms with E-state index < -0.39 is 0 Å². The largest absolute Gasteiger partial charge is 0.340 e. The summed E-state index contributed by atoms with van der Waals surface area (Å²) >= 11 is 3.28. The van der Waals surface area contributed by atoms with Crippen molar-refractivity contribution in [2.75, 3.05) is 0 Å². The van der Waals surface area contributed by atoms with Crippen molar-refractivity contribution in [2.45, 2.75) is 19.9 Å². The molecular weight excluding hydrogens is 314 g/mol. The lowest BCUT2D eigenvalue weighted by atomic mass is 10.1. The maximum Gasteiger partial charge on any atom is 0.255 e. The molecule has 1 amide bonds. The summed E-state index contributed by atoms with van der Waals surface area (Å²) in [6.45, 7) is 3.78. The Kier molecular flexibility index (Phi) is 4.13. The van der Waals surface area contributed by atoms with Crippen molar-refractivity contribution < 1.29 is 4.79 Å². The lowest BCUT2D eigenvalue weighted by Gasteiger charge is -2.17. The molecule has 0 saturated heterocycles. The van der Waals surface area contributed by atoms with Crippen molar-refractivity contribution in [2.24, 2.45) is 7.05 Å². The van der Waals surface area contributed by atoms with Crippen LogP contribution in [0.25, 0.3) is 0 Å². The Hall–Kier alpha value is -1.92. The summed E-state index contributed by atoms with van der Waals surface area (Å²) < 4.78 is 1.75. The molecule has 3 aromatic rings. The molecule has 0 fully saturated rings. The van der Waals surface area contributed by atoms with E-state index in [2.05, 4.69) is 27.9 Å². The molecule has 114 valence electrons. The highest BCUT2D eigenvalue weighted by atomic mass is 32.1. The number of thiophene rings is 2. The Bertz CT molecular complexity index is 739. The molecule has 0 aliphatic carbocycles. The van der Waals surface area contributed by atoms with Gasteiger partial charge in [-0.1, -0.05) is 6.07 Å². The Balaban J connectivity index is 1.93. The van der Waals surface area contributed by atoms with E-state index in [1.165, 1.54) is 0 Å². The standard InChI is InChI=1S/C16H17N3OS2/c1-10-14(11(2)19(3)18-10)16(20)17-15(12-6-8-21-9-12)13-5-4-7-22-13/h4-9,15H,1-3H3,(H,17,20)/t15-/m1/s1. The molecule has 4 nitrogen and oxygen atoms in total. The summed E-state index contributed by atoms with van der Waals surface area (Å²) in [7, 11) is 1.86. The number of nitrogens with one attached hydrogen (secondary N) is 1. The minimum Gasteiger partial charge on any atom is -0.340 e. The maximum atomic E-state index is 12.7. The van der Waals surface area contributed by atoms with Crippen LogP contribution in [-0.4, -0.2) is 15.7 Å². The average molecular weight is 331 g/mol. The van der Waals surface area contributed by atoms with E-state index in [1.807, 2.05) is 37.7 Å². The molecule has 1 N–H and O–H groups in total. The van der Waals surface area contributed by atoms with Crippen LogP contribution in [0.3, 0.4) is 0 Å². The van der Waals surface area contributed by atoms with Gasteiger partial charge < -0.3 is 5.32 Å². The number of carbonyl (C=O) groups is 1. The van der Waals surface area contributed by atoms with Gasteiger partial charge in [-0.25, -0.2) is 0 Å². The van der Waals surface area contributed by atoms with E-state index in [0.29, 0.717) is 5.56 Å². The van der Waals surface area contributed by atoms with E-state index in [4.69, 9.17) is 0 Å². The van der Waals surface area contributed by atoms with Gasteiger partial charge in [-0.05, 0) is 47.7 Å². The number of amides is 1. The van der Waals surface area contributed by atoms with Crippen LogP contribution in [0.15, 0.2) is 34.3 Å². The number of rotatable bonds is 4. The van der Waals surface area contributed by atoms with Gasteiger partial charge in [-0.15, -0.1) is 11.3 Å². The van der Waals surface area contributed by atoms with Gasteiger partial charge in [-0.2, -0.15) is 16.4 Å². The van der Waals surface area contributed by atoms with E-state index in [9.17, 15) is 4.79 Å². The Morgan fingerprint density at radius 2 is 2.14 bits per heavy atom. The number of hydrogen-bond acceptors (Lipinski definition) is 4. The van der Waals surface area contributed by atoms with Crippen LogP contribution in [0.5, 0.6) is 0 Å². The van der Waals surface area contributed by atoms with Crippen LogP contribution in [0.2, 0.25) is 0 Å². The first-order valence-corrected chi connectivity index (χ1v) is 8.76. The normalized spacial score (nSPS) is 12.3. The number of carbonyl (C=O) groups excluding carboxylic acids is 1. The van der Waals surface area contributed by atoms with Crippen LogP contribution in [0, 0.1) is 13.8 Å². The lowest BCUT2D eigenvalue weighted by molar-refractivity contribution is 0.0942. The zero-order valence-electron chi connectivity index (χ0n) is 12.7. The Morgan fingerprint density at radius 3 is 2.68 bits per heavy atom. The summed E-state index contributed by atoms with van der Waals surface area (Å²) in [6.07, 6.45) is 0. The van der Waals surface area contributed by atoms with E-state index >= 15 is 0 Å². The minimum atomic E-state index is -0.113. The summed E-state index contributed by atoms with van der Waals surface area (Å²) in [4.78, 5) is 13.9. The number of aryl methyl sites for hydroxylation is 2. The van der Waals surface area contributed by atoms with Gasteiger partial charge in [0.2, 0.25) is 0 Å². The van der Waals surface area contributed by atoms with E-state index in [1.54, 1.807) is 27.4 Å². The maximum absolute atomic E-state index is 12.7. The van der Waals surface area contributed by atoms with Crippen molar-refractivity contribution >= 4 is 28.6 Å². The van der Waals surface area contributed by atoms with Crippen molar-refractivity contribution in [1.82, 2.24) is 15.1 Å². The highest BCUT2D eigenvalue weighted by Gasteiger charge is 2.23. The molecule has 0 bridgehead atoms. The van der Waals surface area contributed by atoms with Crippen LogP contribution in [0.4, 0.5) is 0 Å². The third-order valence-electron chi connectivity index (χ3n) is 3.72. The number of hydrogen-bond donors (Lipinski definition) is 1. The fourth-order valence-electron chi connectivity index (χ4n) is 2.52. The van der Waals surface area contributed by atoms with Crippen molar-refractivity contribution in [3.8, 4) is 0 Å². The molecule has 3 heterocycles. The van der Waals surface area contributed by atoms with Gasteiger partial charge in [0, 0.05) is 17.6 Å². The van der Waals surface area contributed by atoms with Crippen molar-refractivity contribution in [3.05, 3.63) is 61.7 Å². The molecule has 0 aliphatic heterocycles. The van der Waals surface area contributed by atoms with Gasteiger partial charge in [0.1, 0.15) is 0 Å². The Morgan fingerprint density at radius 1 is 1.32 bits per heavy atom. The predicted octanol–water partition coefficient (Wildman–Crippen LogP) is 3.68. The number of nitrogens with zero attached hydrogens (tertiary/aromatic N) is 2. The van der Waals surface area contributed by atoms with Crippen LogP contribution >= 0.6 is 22.7 Å². The molecule has 3 aromatic heterocycles. The second kappa shape index (κ2) is 6.06. The summed E-state index contributed by atoms with van der Waals surface area (Å²) in [5, 5.41) is 13.6. The molecule has 6 heteroatoms. The highest BCUT2D eigenvalue weighted by molar-refractivity contribution is 7.10. The van der Waals surface area contributed by atoms with Crippen molar-refractivity contribution in [1.29, 1.82) is 0 Å². The van der Waals surface area contributed by atoms with Crippen LogP contribution in [0.1, 0.15) is 38.2 Å². The quantitative estimate of drug-likeness (QED) is 0.793. The second-order valence-corrected chi connectivity index (χ2v) is 6.91. The molecule has 3 rings (SSSR count). The van der Waals surface area contributed by atoms with E-state index in [-0.39, 0.29) is 11.9 Å². The van der Waals surface area contributed by atoms with Gasteiger partial charge >= 0.3 is 0 Å².